The first-order chi connectivity index (χ1) is 49.2. The van der Waals surface area contributed by atoms with Gasteiger partial charge in [-0.1, -0.05) is 322 Å². The zero-order valence-corrected chi connectivity index (χ0v) is 65.3. The van der Waals surface area contributed by atoms with E-state index in [1.165, 1.54) is 141 Å². The maximum atomic E-state index is 12.9. The first kappa shape index (κ1) is 97.0. The van der Waals surface area contributed by atoms with Crippen molar-refractivity contribution >= 4 is 33.6 Å². The summed E-state index contributed by atoms with van der Waals surface area (Å²) >= 11 is 0. The Hall–Kier alpha value is -4.05. The first-order valence-corrected chi connectivity index (χ1v) is 42.8. The van der Waals surface area contributed by atoms with Crippen molar-refractivity contribution in [3.05, 3.63) is 122 Å². The lowest BCUT2D eigenvalue weighted by Gasteiger charge is -2.21. The molecule has 0 saturated carbocycles. The zero-order chi connectivity index (χ0) is 73.7. The predicted molar refractivity (Wildman–Crippen MR) is 417 cm³/mol. The Morgan fingerprint density at radius 1 is 0.287 bits per heavy atom. The van der Waals surface area contributed by atoms with Crippen molar-refractivity contribution in [2.75, 3.05) is 39.6 Å². The van der Waals surface area contributed by atoms with E-state index in [1.807, 2.05) is 0 Å². The fourth-order valence-electron chi connectivity index (χ4n) is 10.7. The molecule has 0 bridgehead atoms. The Morgan fingerprint density at radius 3 is 0.842 bits per heavy atom. The largest absolute Gasteiger partial charge is 0.472 e. The van der Waals surface area contributed by atoms with Crippen LogP contribution in [-0.2, 0) is 55.8 Å². The zero-order valence-electron chi connectivity index (χ0n) is 63.5. The molecule has 0 fully saturated rings. The van der Waals surface area contributed by atoms with E-state index in [2.05, 4.69) is 142 Å². The van der Waals surface area contributed by atoms with Crippen molar-refractivity contribution in [2.45, 2.75) is 347 Å². The molecule has 5 atom stereocenters. The number of aliphatic hydroxyl groups excluding tert-OH is 2. The lowest BCUT2D eigenvalue weighted by molar-refractivity contribution is -0.161. The summed E-state index contributed by atoms with van der Waals surface area (Å²) in [6, 6.07) is 0. The van der Waals surface area contributed by atoms with E-state index in [0.29, 0.717) is 19.3 Å². The fourth-order valence-corrected chi connectivity index (χ4v) is 12.3. The highest BCUT2D eigenvalue weighted by Gasteiger charge is 2.29. The average Bonchev–Trinajstić information content (AvgIpc) is 0.974. The fraction of sp³-hybridized carbons (Fsp3) is 0.723. The highest BCUT2D eigenvalue weighted by atomic mass is 31.2. The topological polar surface area (TPSA) is 231 Å². The molecular formula is C83H144O16P2. The van der Waals surface area contributed by atoms with Gasteiger partial charge in [0, 0.05) is 19.3 Å². The number of aliphatic hydroxyl groups is 2. The van der Waals surface area contributed by atoms with E-state index >= 15 is 0 Å². The maximum Gasteiger partial charge on any atom is 0.472 e. The van der Waals surface area contributed by atoms with Crippen LogP contribution < -0.4 is 0 Å². The standard InChI is InChI=1S/C83H144O16P2/c1-4-7-10-13-16-19-22-24-26-28-30-31-32-33-34-35-36-37-38-39-40-41-42-43-44-45-47-49-50-52-55-57-60-63-66-69-81(86)93-72-78(84)73-95-100(89,90)96-74-79(85)75-97-101(91,92)98-77-80(99-83(88)71-68-65-62-59-54-21-18-15-12-9-6-3)76-94-82(87)70-67-64-61-58-56-53-51-48-46-29-27-25-23-20-17-14-11-8-5-2/h7-8,10-11,16-17,19-20,24-27,30-31,33-34,46,48,53,56,78-80,84-85H,4-6,9,12-15,18,21-23,28-29,32,35-45,47,49-52,54-55,57-77H2,1-3H3,(H,89,90)(H,91,92)/b10-7-,11-8-,19-16-,20-17-,26-24-,27-25-,31-30-,34-33-,48-46-,56-53-. The molecule has 0 rings (SSSR count). The van der Waals surface area contributed by atoms with Crippen LogP contribution >= 0.6 is 15.6 Å². The number of carbonyl (C=O) groups excluding carboxylic acids is 3. The number of rotatable bonds is 75. The van der Waals surface area contributed by atoms with Gasteiger partial charge in [0.2, 0.25) is 0 Å². The van der Waals surface area contributed by atoms with Crippen molar-refractivity contribution in [3.63, 3.8) is 0 Å². The number of phosphoric ester groups is 2. The SMILES string of the molecule is CC/C=C\C/C=C\C/C=C\C/C=C\C/C=C\CCCCCCCCCCCCCCCCCCCCCC(=O)OCC(O)COP(=O)(O)OCC(O)COP(=O)(O)OCC(COC(=O)CCCCC/C=C\C/C=C\C/C=C\C/C=C\C/C=C\CC)OC(=O)CCCCCCCCCCCCC. The summed E-state index contributed by atoms with van der Waals surface area (Å²) in [5, 5.41) is 20.6. The first-order valence-electron chi connectivity index (χ1n) is 39.8. The number of hydrogen-bond acceptors (Lipinski definition) is 14. The third-order valence-corrected chi connectivity index (χ3v) is 18.6. The molecule has 0 amide bonds. The molecule has 16 nitrogen and oxygen atoms in total. The third kappa shape index (κ3) is 76.9. The Kier molecular flexibility index (Phi) is 72.6. The van der Waals surface area contributed by atoms with E-state index in [9.17, 15) is 43.5 Å². The molecule has 18 heteroatoms. The van der Waals surface area contributed by atoms with Crippen molar-refractivity contribution < 1.29 is 75.8 Å². The van der Waals surface area contributed by atoms with Crippen molar-refractivity contribution in [3.8, 4) is 0 Å². The number of allylic oxidation sites excluding steroid dienone is 20. The summed E-state index contributed by atoms with van der Waals surface area (Å²) in [4.78, 5) is 58.5. The molecule has 0 saturated heterocycles. The van der Waals surface area contributed by atoms with Crippen LogP contribution in [0.15, 0.2) is 122 Å². The van der Waals surface area contributed by atoms with Crippen LogP contribution in [0.4, 0.5) is 0 Å². The second-order valence-electron chi connectivity index (χ2n) is 26.5. The van der Waals surface area contributed by atoms with E-state index in [0.717, 1.165) is 128 Å². The minimum atomic E-state index is -4.93. The molecule has 4 N–H and O–H groups in total. The van der Waals surface area contributed by atoms with Gasteiger partial charge in [0.25, 0.3) is 0 Å². The summed E-state index contributed by atoms with van der Waals surface area (Å²) in [7, 11) is -9.78. The number of phosphoric acid groups is 2. The molecule has 0 aromatic heterocycles. The monoisotopic (exact) mass is 1460 g/mol. The van der Waals surface area contributed by atoms with Gasteiger partial charge in [-0.25, -0.2) is 9.13 Å². The Bertz CT molecular complexity index is 2320. The van der Waals surface area contributed by atoms with Gasteiger partial charge in [0.15, 0.2) is 6.10 Å². The summed E-state index contributed by atoms with van der Waals surface area (Å²) in [6.45, 7) is 2.42. The van der Waals surface area contributed by atoms with Crippen LogP contribution in [0.5, 0.6) is 0 Å². The summed E-state index contributed by atoms with van der Waals surface area (Å²) in [5.41, 5.74) is 0. The van der Waals surface area contributed by atoms with Gasteiger partial charge in [-0.15, -0.1) is 0 Å². The lowest BCUT2D eigenvalue weighted by Crippen LogP contribution is -2.30. The van der Waals surface area contributed by atoms with E-state index in [-0.39, 0.29) is 19.3 Å². The second kappa shape index (κ2) is 75.6. The van der Waals surface area contributed by atoms with Crippen molar-refractivity contribution in [1.29, 1.82) is 0 Å². The van der Waals surface area contributed by atoms with Crippen LogP contribution in [-0.4, -0.2) is 95.9 Å². The minimum absolute atomic E-state index is 0.0984. The highest BCUT2D eigenvalue weighted by Crippen LogP contribution is 2.45. The molecule has 0 aliphatic heterocycles. The van der Waals surface area contributed by atoms with Crippen LogP contribution in [0.25, 0.3) is 0 Å². The smallest absolute Gasteiger partial charge is 0.463 e. The van der Waals surface area contributed by atoms with Gasteiger partial charge in [-0.2, -0.15) is 0 Å². The minimum Gasteiger partial charge on any atom is -0.463 e. The molecule has 101 heavy (non-hydrogen) atoms. The van der Waals surface area contributed by atoms with Gasteiger partial charge < -0.3 is 34.2 Å². The van der Waals surface area contributed by atoms with Crippen LogP contribution in [0.1, 0.15) is 329 Å². The molecule has 0 aliphatic rings. The molecule has 0 spiro atoms. The number of esters is 3. The van der Waals surface area contributed by atoms with Crippen molar-refractivity contribution in [1.82, 2.24) is 0 Å². The second-order valence-corrected chi connectivity index (χ2v) is 29.4. The van der Waals surface area contributed by atoms with Gasteiger partial charge in [0.1, 0.15) is 25.4 Å². The molecule has 0 aromatic rings. The summed E-state index contributed by atoms with van der Waals surface area (Å²) in [6.07, 6.45) is 90.0. The number of unbranched alkanes of at least 4 members (excludes halogenated alkanes) is 32. The predicted octanol–water partition coefficient (Wildman–Crippen LogP) is 23.3. The van der Waals surface area contributed by atoms with Crippen LogP contribution in [0.2, 0.25) is 0 Å². The van der Waals surface area contributed by atoms with Gasteiger partial charge >= 0.3 is 33.6 Å². The molecule has 0 aromatic carbocycles. The van der Waals surface area contributed by atoms with Crippen molar-refractivity contribution in [2.24, 2.45) is 0 Å². The normalized spacial score (nSPS) is 14.6. The molecule has 582 valence electrons. The molecule has 0 aliphatic carbocycles. The van der Waals surface area contributed by atoms with E-state index in [4.69, 9.17) is 32.3 Å². The molecule has 5 unspecified atom stereocenters. The molecule has 0 heterocycles. The third-order valence-electron chi connectivity index (χ3n) is 16.7. The molecular weight excluding hydrogens is 1310 g/mol. The Labute approximate surface area is 614 Å². The maximum absolute atomic E-state index is 12.9. The number of hydrogen-bond donors (Lipinski definition) is 4. The van der Waals surface area contributed by atoms with Gasteiger partial charge in [-0.05, 0) is 109 Å². The van der Waals surface area contributed by atoms with E-state index in [1.54, 1.807) is 0 Å². The quantitative estimate of drug-likeness (QED) is 0.0146. The Balaban J connectivity index is 4.33. The van der Waals surface area contributed by atoms with Crippen LogP contribution in [0, 0.1) is 0 Å². The number of ether oxygens (including phenoxy) is 3. The summed E-state index contributed by atoms with van der Waals surface area (Å²) in [5.74, 6) is -1.60. The lowest BCUT2D eigenvalue weighted by atomic mass is 10.0. The van der Waals surface area contributed by atoms with Crippen LogP contribution in [0.3, 0.4) is 0 Å². The average molecular weight is 1460 g/mol. The number of carbonyl (C=O) groups is 3. The Morgan fingerprint density at radius 2 is 0.525 bits per heavy atom. The summed E-state index contributed by atoms with van der Waals surface area (Å²) < 4.78 is 61.0. The van der Waals surface area contributed by atoms with Gasteiger partial charge in [0.05, 0.1) is 26.4 Å². The van der Waals surface area contributed by atoms with Gasteiger partial charge in [-0.3, -0.25) is 32.5 Å². The molecule has 0 radical (unpaired) electrons. The highest BCUT2D eigenvalue weighted by molar-refractivity contribution is 7.47. The van der Waals surface area contributed by atoms with E-state index < -0.39 is 91.5 Å².